The molecule has 1 aliphatic rings. The first-order chi connectivity index (χ1) is 16.3. The van der Waals surface area contributed by atoms with Gasteiger partial charge in [-0.1, -0.05) is 35.4 Å². The highest BCUT2D eigenvalue weighted by Gasteiger charge is 2.40. The van der Waals surface area contributed by atoms with Gasteiger partial charge in [0, 0.05) is 22.7 Å². The minimum atomic E-state index is -0.834. The zero-order valence-electron chi connectivity index (χ0n) is 17.5. The standard InChI is InChI=1S/C23H18Cl2N2O6S/c24-15-5-1-13(2-6-15)21(28)31-12-18-17(33-22(29)14-3-7-16(25)8-4-14)11-19(32-18)27-20(34)9-10-26-23(27)30/h1-10,17-19H,11-12H2,(H,26,30)/t17-,18?,19?/m1/s1. The van der Waals surface area contributed by atoms with Crippen LogP contribution in [-0.4, -0.2) is 40.3 Å². The fraction of sp³-hybridized carbons (Fsp3) is 0.217. The number of halogens is 2. The van der Waals surface area contributed by atoms with Gasteiger partial charge in [0.1, 0.15) is 29.7 Å². The number of nitrogens with zero attached hydrogens (tertiary/aromatic N) is 1. The van der Waals surface area contributed by atoms with E-state index in [-0.39, 0.29) is 17.7 Å². The molecule has 1 aliphatic heterocycles. The molecule has 8 nitrogen and oxygen atoms in total. The molecule has 1 N–H and O–H groups in total. The number of benzene rings is 2. The van der Waals surface area contributed by atoms with E-state index in [2.05, 4.69) is 4.98 Å². The number of carbonyl (C=O) groups excluding carboxylic acids is 2. The van der Waals surface area contributed by atoms with Gasteiger partial charge in [0.2, 0.25) is 0 Å². The summed E-state index contributed by atoms with van der Waals surface area (Å²) in [6.07, 6.45) is -0.907. The molecule has 2 aromatic carbocycles. The van der Waals surface area contributed by atoms with E-state index in [1.54, 1.807) is 30.3 Å². The monoisotopic (exact) mass is 520 g/mol. The summed E-state index contributed by atoms with van der Waals surface area (Å²) in [7, 11) is 0. The fourth-order valence-corrected chi connectivity index (χ4v) is 3.98. The van der Waals surface area contributed by atoms with Gasteiger partial charge >= 0.3 is 17.6 Å². The Hall–Kier alpha value is -2.98. The molecule has 34 heavy (non-hydrogen) atoms. The normalized spacial score (nSPS) is 19.5. The van der Waals surface area contributed by atoms with Gasteiger partial charge in [0.25, 0.3) is 0 Å². The second-order valence-electron chi connectivity index (χ2n) is 7.41. The number of carbonyl (C=O) groups is 2. The molecule has 11 heteroatoms. The van der Waals surface area contributed by atoms with Crippen LogP contribution in [0, 0.1) is 4.64 Å². The molecule has 0 aliphatic carbocycles. The lowest BCUT2D eigenvalue weighted by Gasteiger charge is -2.19. The number of H-pyrrole nitrogens is 1. The zero-order chi connectivity index (χ0) is 24.2. The molecule has 176 valence electrons. The Morgan fingerprint density at radius 3 is 2.18 bits per heavy atom. The third-order valence-electron chi connectivity index (χ3n) is 5.15. The molecular formula is C23H18Cl2N2O6S. The van der Waals surface area contributed by atoms with Crippen LogP contribution in [0.3, 0.4) is 0 Å². The number of aromatic amines is 1. The van der Waals surface area contributed by atoms with E-state index < -0.39 is 36.1 Å². The van der Waals surface area contributed by atoms with E-state index >= 15 is 0 Å². The van der Waals surface area contributed by atoms with Crippen LogP contribution in [0.15, 0.2) is 65.6 Å². The van der Waals surface area contributed by atoms with Crippen LogP contribution >= 0.6 is 35.4 Å². The van der Waals surface area contributed by atoms with Crippen molar-refractivity contribution in [2.45, 2.75) is 24.9 Å². The van der Waals surface area contributed by atoms with Gasteiger partial charge in [-0.25, -0.2) is 14.4 Å². The molecule has 0 saturated carbocycles. The number of rotatable bonds is 6. The Kier molecular flexibility index (Phi) is 7.47. The Labute approximate surface area is 209 Å². The molecule has 1 fully saturated rings. The van der Waals surface area contributed by atoms with E-state index in [9.17, 15) is 14.4 Å². The van der Waals surface area contributed by atoms with E-state index in [4.69, 9.17) is 49.6 Å². The minimum Gasteiger partial charge on any atom is -0.459 e. The van der Waals surface area contributed by atoms with Crippen molar-refractivity contribution in [3.05, 3.63) is 97.1 Å². The molecule has 0 amide bonds. The highest BCUT2D eigenvalue weighted by molar-refractivity contribution is 7.71. The maximum atomic E-state index is 12.7. The van der Waals surface area contributed by atoms with Crippen LogP contribution in [0.4, 0.5) is 0 Å². The van der Waals surface area contributed by atoms with Crippen molar-refractivity contribution in [2.24, 2.45) is 0 Å². The molecule has 2 unspecified atom stereocenters. The number of aromatic nitrogens is 2. The van der Waals surface area contributed by atoms with Crippen LogP contribution < -0.4 is 5.69 Å². The summed E-state index contributed by atoms with van der Waals surface area (Å²) in [5, 5.41) is 0.961. The minimum absolute atomic E-state index is 0.129. The van der Waals surface area contributed by atoms with Crippen molar-refractivity contribution in [3.8, 4) is 0 Å². The van der Waals surface area contributed by atoms with Gasteiger partial charge in [0.05, 0.1) is 11.1 Å². The Balaban J connectivity index is 1.52. The van der Waals surface area contributed by atoms with Crippen LogP contribution in [0.5, 0.6) is 0 Å². The molecule has 1 aromatic heterocycles. The maximum Gasteiger partial charge on any atom is 0.338 e. The molecule has 0 bridgehead atoms. The second-order valence-corrected chi connectivity index (χ2v) is 8.70. The second kappa shape index (κ2) is 10.5. The number of hydrogen-bond donors (Lipinski definition) is 1. The topological polar surface area (TPSA) is 99.6 Å². The first-order valence-corrected chi connectivity index (χ1v) is 11.3. The average molecular weight is 521 g/mol. The quantitative estimate of drug-likeness (QED) is 0.375. The molecule has 3 aromatic rings. The SMILES string of the molecule is O=C(OCC1OC(n2c(=S)cc[nH]c2=O)C[C@H]1OC(=O)c1ccc(Cl)cc1)c1ccc(Cl)cc1. The van der Waals surface area contributed by atoms with E-state index in [1.165, 1.54) is 35.0 Å². The summed E-state index contributed by atoms with van der Waals surface area (Å²) in [6, 6.07) is 14.0. The summed E-state index contributed by atoms with van der Waals surface area (Å²) in [4.78, 5) is 40.0. The van der Waals surface area contributed by atoms with Crippen molar-refractivity contribution in [1.82, 2.24) is 9.55 Å². The fourth-order valence-electron chi connectivity index (χ4n) is 3.46. The van der Waals surface area contributed by atoms with Gasteiger partial charge in [-0.3, -0.25) is 4.57 Å². The Morgan fingerprint density at radius 1 is 1.00 bits per heavy atom. The largest absolute Gasteiger partial charge is 0.459 e. The third kappa shape index (κ3) is 5.56. The number of esters is 2. The Bertz CT molecular complexity index is 1280. The first kappa shape index (κ1) is 24.2. The lowest BCUT2D eigenvalue weighted by atomic mass is 10.1. The molecule has 0 radical (unpaired) electrons. The van der Waals surface area contributed by atoms with Crippen LogP contribution in [0.25, 0.3) is 0 Å². The van der Waals surface area contributed by atoms with E-state index in [0.717, 1.165) is 0 Å². The van der Waals surface area contributed by atoms with Crippen molar-refractivity contribution in [3.63, 3.8) is 0 Å². The highest BCUT2D eigenvalue weighted by Crippen LogP contribution is 2.31. The molecule has 2 heterocycles. The molecule has 4 rings (SSSR count). The van der Waals surface area contributed by atoms with Crippen molar-refractivity contribution >= 4 is 47.4 Å². The van der Waals surface area contributed by atoms with E-state index in [0.29, 0.717) is 21.2 Å². The van der Waals surface area contributed by atoms with Gasteiger partial charge in [0.15, 0.2) is 0 Å². The van der Waals surface area contributed by atoms with Gasteiger partial charge in [-0.05, 0) is 54.6 Å². The summed E-state index contributed by atoms with van der Waals surface area (Å²) in [5.41, 5.74) is 0.119. The van der Waals surface area contributed by atoms with Crippen molar-refractivity contribution in [1.29, 1.82) is 0 Å². The van der Waals surface area contributed by atoms with Crippen molar-refractivity contribution in [2.75, 3.05) is 6.61 Å². The van der Waals surface area contributed by atoms with E-state index in [1.807, 2.05) is 0 Å². The highest BCUT2D eigenvalue weighted by atomic mass is 35.5. The predicted octanol–water partition coefficient (Wildman–Crippen LogP) is 4.58. The summed E-state index contributed by atoms with van der Waals surface area (Å²) in [5.74, 6) is -1.20. The van der Waals surface area contributed by atoms with Gasteiger partial charge in [-0.2, -0.15) is 0 Å². The summed E-state index contributed by atoms with van der Waals surface area (Å²) < 4.78 is 18.5. The lowest BCUT2D eigenvalue weighted by Crippen LogP contribution is -2.32. The molecule has 3 atom stereocenters. The first-order valence-electron chi connectivity index (χ1n) is 10.2. The van der Waals surface area contributed by atoms with Crippen LogP contribution in [0.1, 0.15) is 33.4 Å². The average Bonchev–Trinajstić information content (AvgIpc) is 3.20. The molecular weight excluding hydrogens is 503 g/mol. The van der Waals surface area contributed by atoms with Crippen molar-refractivity contribution < 1.29 is 23.8 Å². The number of nitrogens with one attached hydrogen (secondary N) is 1. The lowest BCUT2D eigenvalue weighted by molar-refractivity contribution is -0.0585. The third-order valence-corrected chi connectivity index (χ3v) is 5.99. The van der Waals surface area contributed by atoms with Crippen LogP contribution in [-0.2, 0) is 14.2 Å². The maximum absolute atomic E-state index is 12.7. The summed E-state index contributed by atoms with van der Waals surface area (Å²) in [6.45, 7) is -0.214. The summed E-state index contributed by atoms with van der Waals surface area (Å²) >= 11 is 17.0. The van der Waals surface area contributed by atoms with Crippen LogP contribution in [0.2, 0.25) is 10.0 Å². The smallest absolute Gasteiger partial charge is 0.338 e. The molecule has 0 spiro atoms. The zero-order valence-corrected chi connectivity index (χ0v) is 19.8. The Morgan fingerprint density at radius 2 is 1.59 bits per heavy atom. The number of hydrogen-bond acceptors (Lipinski definition) is 7. The molecule has 1 saturated heterocycles. The predicted molar refractivity (Wildman–Crippen MR) is 127 cm³/mol. The van der Waals surface area contributed by atoms with Gasteiger partial charge < -0.3 is 19.2 Å². The number of ether oxygens (including phenoxy) is 3. The van der Waals surface area contributed by atoms with Gasteiger partial charge in [-0.15, -0.1) is 0 Å².